The number of piperazine rings is 1. The summed E-state index contributed by atoms with van der Waals surface area (Å²) in [4.78, 5) is 43.9. The molecular formula is C57H68FN9O9S. The number of fused-ring (bicyclic) bond motifs is 1. The maximum Gasteiger partial charge on any atom is 0.312 e. The van der Waals surface area contributed by atoms with Crippen LogP contribution >= 0.6 is 0 Å². The van der Waals surface area contributed by atoms with Crippen LogP contribution in [0.1, 0.15) is 111 Å². The Kier molecular flexibility index (Phi) is 15.2. The van der Waals surface area contributed by atoms with Crippen molar-refractivity contribution in [3.8, 4) is 23.1 Å². The van der Waals surface area contributed by atoms with E-state index in [4.69, 9.17) is 14.2 Å². The molecule has 2 aliphatic heterocycles. The van der Waals surface area contributed by atoms with E-state index >= 15 is 0 Å². The molecule has 6 aromatic rings. The maximum absolute atomic E-state index is 14.9. The Morgan fingerprint density at radius 3 is 2.40 bits per heavy atom. The van der Waals surface area contributed by atoms with Gasteiger partial charge in [-0.15, -0.1) is 0 Å². The summed E-state index contributed by atoms with van der Waals surface area (Å²) in [5.41, 5.74) is 3.65. The number of pyridine rings is 2. The Balaban J connectivity index is 0.856. The van der Waals surface area contributed by atoms with Gasteiger partial charge in [-0.1, -0.05) is 50.2 Å². The molecule has 77 heavy (non-hydrogen) atoms. The minimum Gasteiger partial charge on any atom is -0.497 e. The number of amides is 1. The van der Waals surface area contributed by atoms with Crippen molar-refractivity contribution in [1.29, 1.82) is 0 Å². The number of carbonyl (C=O) groups excluding carboxylic acids is 1. The molecule has 10 rings (SSSR count). The zero-order chi connectivity index (χ0) is 54.2. The van der Waals surface area contributed by atoms with Crippen molar-refractivity contribution >= 4 is 44.2 Å². The Hall–Kier alpha value is -6.87. The second kappa shape index (κ2) is 21.9. The number of methoxy groups -OCH3 is 2. The molecule has 1 atom stereocenters. The van der Waals surface area contributed by atoms with E-state index in [1.165, 1.54) is 35.9 Å². The molecule has 5 heterocycles. The number of aromatic amines is 1. The number of ether oxygens (including phenoxy) is 3. The van der Waals surface area contributed by atoms with Crippen molar-refractivity contribution in [2.75, 3.05) is 63.7 Å². The quantitative estimate of drug-likeness (QED) is 0.0494. The molecule has 2 aliphatic carbocycles. The van der Waals surface area contributed by atoms with Gasteiger partial charge in [0.15, 0.2) is 5.75 Å². The van der Waals surface area contributed by atoms with Crippen molar-refractivity contribution in [2.45, 2.75) is 107 Å². The number of hydrogen-bond donors (Lipinski definition) is 4. The van der Waals surface area contributed by atoms with Gasteiger partial charge in [0.2, 0.25) is 5.82 Å². The summed E-state index contributed by atoms with van der Waals surface area (Å²) in [6.45, 7) is 11.9. The highest BCUT2D eigenvalue weighted by Gasteiger charge is 2.50. The van der Waals surface area contributed by atoms with Crippen molar-refractivity contribution in [1.82, 2.24) is 29.5 Å². The number of nitrogens with one attached hydrogen (secondary N) is 3. The molecule has 1 amide bonds. The van der Waals surface area contributed by atoms with Gasteiger partial charge < -0.3 is 34.5 Å². The lowest BCUT2D eigenvalue weighted by molar-refractivity contribution is -0.384. The third-order valence-electron chi connectivity index (χ3n) is 16.5. The predicted molar refractivity (Wildman–Crippen MR) is 291 cm³/mol. The number of aromatic nitrogens is 3. The van der Waals surface area contributed by atoms with E-state index in [0.29, 0.717) is 44.2 Å². The SMILES string of the molecule is COc1ccc(CN2CCN(C3CC4(CCN(c5ccc(C(=O)NS(=O)(=O)c6cnc(NCC7CCC(C)(O)CC7)c([N+](=O)[O-])c6)c(Oc6cc7c(F)c[nH]c7nc6OC)c5)CC4)C3)[C@H](c3ccccc3C(C)C)C2)cc1. The number of piperidine rings is 1. The van der Waals surface area contributed by atoms with Crippen molar-refractivity contribution in [3.05, 3.63) is 129 Å². The molecule has 408 valence electrons. The number of H-pyrrole nitrogens is 1. The van der Waals surface area contributed by atoms with E-state index < -0.39 is 42.9 Å². The molecule has 4 N–H and O–H groups in total. The van der Waals surface area contributed by atoms with E-state index in [9.17, 15) is 32.8 Å². The lowest BCUT2D eigenvalue weighted by atomic mass is 9.59. The molecule has 0 bridgehead atoms. The topological polar surface area (TPSA) is 218 Å². The molecule has 2 saturated heterocycles. The minimum atomic E-state index is -4.74. The number of rotatable bonds is 17. The third kappa shape index (κ3) is 11.6. The average Bonchev–Trinajstić information content (AvgIpc) is 3.82. The predicted octanol–water partition coefficient (Wildman–Crippen LogP) is 9.72. The number of nitrogens with zero attached hydrogens (tertiary/aromatic N) is 6. The summed E-state index contributed by atoms with van der Waals surface area (Å²) in [5.74, 6) is -0.508. The Morgan fingerprint density at radius 1 is 0.961 bits per heavy atom. The molecule has 4 fully saturated rings. The summed E-state index contributed by atoms with van der Waals surface area (Å²) < 4.78 is 62.1. The Labute approximate surface area is 448 Å². The van der Waals surface area contributed by atoms with E-state index in [1.807, 2.05) is 12.1 Å². The van der Waals surface area contributed by atoms with Gasteiger partial charge >= 0.3 is 5.69 Å². The van der Waals surface area contributed by atoms with Crippen LogP contribution < -0.4 is 29.1 Å². The zero-order valence-electron chi connectivity index (χ0n) is 44.3. The van der Waals surface area contributed by atoms with Crippen molar-refractivity contribution < 1.29 is 41.8 Å². The van der Waals surface area contributed by atoms with Crippen LogP contribution in [-0.4, -0.2) is 114 Å². The monoisotopic (exact) mass is 1070 g/mol. The summed E-state index contributed by atoms with van der Waals surface area (Å²) in [6, 6.07) is 25.1. The number of benzene rings is 3. The van der Waals surface area contributed by atoms with Gasteiger partial charge in [0.1, 0.15) is 27.9 Å². The normalized spacial score (nSPS) is 21.2. The molecule has 1 spiro atoms. The molecule has 3 aromatic heterocycles. The standard InChI is InChI=1S/C57H68FN9O9S/c1-36(2)43-8-6-7-9-44(43)49-35-64(34-38-10-13-41(74-4)14-11-38)24-25-66(49)40-29-57(30-40)20-22-65(23-21-57)39-12-15-45(50(26-39)76-51-28-46-47(58)33-61-52(46)62-55(51)75-5)54(68)63-77(72,73)42-27-48(67(70)71)53(60-32-42)59-31-37-16-18-56(3,69)19-17-37/h6-15,26-28,32-33,36-37,40,49,69H,16-25,29-31,34-35H2,1-5H3,(H,59,60)(H,61,62)(H,63,68)/t37?,49-,56?/m0/s1. The van der Waals surface area contributed by atoms with Gasteiger partial charge in [0, 0.05) is 88.0 Å². The van der Waals surface area contributed by atoms with Crippen molar-refractivity contribution in [3.63, 3.8) is 0 Å². The largest absolute Gasteiger partial charge is 0.497 e. The second-order valence-corrected chi connectivity index (χ2v) is 23.7. The van der Waals surface area contributed by atoms with E-state index in [0.717, 1.165) is 94.8 Å². The number of anilines is 2. The van der Waals surface area contributed by atoms with Crippen LogP contribution in [0.3, 0.4) is 0 Å². The van der Waals surface area contributed by atoms with E-state index in [-0.39, 0.29) is 57.2 Å². The molecule has 0 radical (unpaired) electrons. The number of aliphatic hydroxyl groups is 1. The van der Waals surface area contributed by atoms with Gasteiger partial charge in [0.25, 0.3) is 21.8 Å². The fourth-order valence-corrected chi connectivity index (χ4v) is 12.9. The van der Waals surface area contributed by atoms with Crippen LogP contribution in [0.25, 0.3) is 11.0 Å². The smallest absolute Gasteiger partial charge is 0.312 e. The summed E-state index contributed by atoms with van der Waals surface area (Å²) in [5, 5.41) is 25.7. The van der Waals surface area contributed by atoms with Crippen LogP contribution in [0, 0.1) is 27.3 Å². The van der Waals surface area contributed by atoms with Gasteiger partial charge in [-0.05, 0) is 116 Å². The lowest BCUT2D eigenvalue weighted by Crippen LogP contribution is -2.60. The average molecular weight is 1070 g/mol. The number of carbonyl (C=O) groups is 1. The van der Waals surface area contributed by atoms with Gasteiger partial charge in [0.05, 0.1) is 41.9 Å². The zero-order valence-corrected chi connectivity index (χ0v) is 45.1. The molecule has 20 heteroatoms. The second-order valence-electron chi connectivity index (χ2n) is 22.0. The first kappa shape index (κ1) is 53.5. The molecule has 18 nitrogen and oxygen atoms in total. The molecule has 0 unspecified atom stereocenters. The summed E-state index contributed by atoms with van der Waals surface area (Å²) in [7, 11) is -1.68. The maximum atomic E-state index is 14.9. The summed E-state index contributed by atoms with van der Waals surface area (Å²) in [6.07, 6.45) is 8.79. The van der Waals surface area contributed by atoms with Gasteiger partial charge in [-0.25, -0.2) is 22.5 Å². The van der Waals surface area contributed by atoms with Gasteiger partial charge in [-0.2, -0.15) is 4.98 Å². The molecule has 3 aromatic carbocycles. The molecule has 2 saturated carbocycles. The highest BCUT2D eigenvalue weighted by molar-refractivity contribution is 7.90. The van der Waals surface area contributed by atoms with Crippen LogP contribution in [0.2, 0.25) is 0 Å². The fraction of sp³-hybridized carbons (Fsp3) is 0.456. The van der Waals surface area contributed by atoms with E-state index in [2.05, 4.69) is 89.9 Å². The first-order valence-electron chi connectivity index (χ1n) is 26.6. The third-order valence-corrected chi connectivity index (χ3v) is 17.8. The fourth-order valence-electron chi connectivity index (χ4n) is 12.0. The number of nitro groups is 1. The molecule has 4 aliphatic rings. The lowest BCUT2D eigenvalue weighted by Gasteiger charge is -2.58. The number of halogens is 1. The van der Waals surface area contributed by atoms with Gasteiger partial charge in [-0.3, -0.25) is 24.7 Å². The highest BCUT2D eigenvalue weighted by Crippen LogP contribution is 2.53. The first-order valence-corrected chi connectivity index (χ1v) is 28.0. The summed E-state index contributed by atoms with van der Waals surface area (Å²) >= 11 is 0. The van der Waals surface area contributed by atoms with Crippen molar-refractivity contribution in [2.24, 2.45) is 11.3 Å². The minimum absolute atomic E-state index is 0.0146. The first-order chi connectivity index (χ1) is 36.9. The van der Waals surface area contributed by atoms with Crippen LogP contribution in [0.5, 0.6) is 23.1 Å². The Morgan fingerprint density at radius 2 is 1.70 bits per heavy atom. The van der Waals surface area contributed by atoms with Crippen LogP contribution in [-0.2, 0) is 16.6 Å². The van der Waals surface area contributed by atoms with Crippen LogP contribution in [0.4, 0.5) is 21.6 Å². The Bertz CT molecular complexity index is 3240. The van der Waals surface area contributed by atoms with Crippen LogP contribution in [0.15, 0.2) is 96.2 Å². The number of sulfonamides is 1. The highest BCUT2D eigenvalue weighted by atomic mass is 32.2. The molecular weight excluding hydrogens is 1010 g/mol. The number of hydrogen-bond acceptors (Lipinski definition) is 15. The van der Waals surface area contributed by atoms with E-state index in [1.54, 1.807) is 26.2 Å².